The smallest absolute Gasteiger partial charge is 0.267 e. The van der Waals surface area contributed by atoms with E-state index in [4.69, 9.17) is 0 Å². The van der Waals surface area contributed by atoms with E-state index in [2.05, 4.69) is 9.97 Å². The molecule has 0 aliphatic heterocycles. The van der Waals surface area contributed by atoms with Gasteiger partial charge in [0, 0.05) is 12.6 Å². The number of pyridine rings is 1. The number of nitrogens with zero attached hydrogens (tertiary/aromatic N) is 3. The van der Waals surface area contributed by atoms with E-state index >= 15 is 0 Å². The number of benzene rings is 2. The number of aromatic nitrogens is 3. The van der Waals surface area contributed by atoms with Gasteiger partial charge < -0.3 is 0 Å². The first-order valence-electron chi connectivity index (χ1n) is 8.20. The fourth-order valence-corrected chi connectivity index (χ4v) is 3.01. The van der Waals surface area contributed by atoms with Crippen LogP contribution >= 0.6 is 0 Å². The van der Waals surface area contributed by atoms with Crippen molar-refractivity contribution in [3.05, 3.63) is 100 Å². The van der Waals surface area contributed by atoms with Gasteiger partial charge in [0.05, 0.1) is 5.69 Å². The molecule has 4 heteroatoms. The van der Waals surface area contributed by atoms with Gasteiger partial charge in [0.15, 0.2) is 5.65 Å². The van der Waals surface area contributed by atoms with Crippen LogP contribution in [0.25, 0.3) is 16.9 Å². The van der Waals surface area contributed by atoms with Crippen molar-refractivity contribution in [3.8, 4) is 5.69 Å². The minimum Gasteiger partial charge on any atom is -0.267 e. The van der Waals surface area contributed by atoms with Crippen molar-refractivity contribution < 1.29 is 0 Å². The SMILES string of the molecule is Cc1ccccc1-n1c(=O)c(Cc2ccccc2)nc2cccnc21. The highest BCUT2D eigenvalue weighted by Gasteiger charge is 2.14. The van der Waals surface area contributed by atoms with Crippen molar-refractivity contribution >= 4 is 11.2 Å². The molecule has 0 atom stereocenters. The Balaban J connectivity index is 1.99. The van der Waals surface area contributed by atoms with Gasteiger partial charge in [0.2, 0.25) is 0 Å². The lowest BCUT2D eigenvalue weighted by atomic mass is 10.1. The third-order valence-electron chi connectivity index (χ3n) is 4.25. The Kier molecular flexibility index (Phi) is 3.86. The van der Waals surface area contributed by atoms with Crippen LogP contribution in [-0.4, -0.2) is 14.5 Å². The van der Waals surface area contributed by atoms with Gasteiger partial charge in [-0.05, 0) is 36.2 Å². The average Bonchev–Trinajstić information content (AvgIpc) is 2.64. The summed E-state index contributed by atoms with van der Waals surface area (Å²) in [4.78, 5) is 22.2. The first-order valence-corrected chi connectivity index (χ1v) is 8.20. The molecule has 0 bridgehead atoms. The summed E-state index contributed by atoms with van der Waals surface area (Å²) in [6, 6.07) is 21.5. The van der Waals surface area contributed by atoms with E-state index in [0.29, 0.717) is 17.8 Å². The van der Waals surface area contributed by atoms with Crippen molar-refractivity contribution in [3.63, 3.8) is 0 Å². The lowest BCUT2D eigenvalue weighted by Gasteiger charge is -2.13. The van der Waals surface area contributed by atoms with Gasteiger partial charge >= 0.3 is 0 Å². The number of para-hydroxylation sites is 1. The molecule has 0 unspecified atom stereocenters. The number of hydrogen-bond donors (Lipinski definition) is 0. The zero-order valence-corrected chi connectivity index (χ0v) is 13.9. The van der Waals surface area contributed by atoms with Gasteiger partial charge in [-0.15, -0.1) is 0 Å². The highest BCUT2D eigenvalue weighted by atomic mass is 16.1. The maximum Gasteiger partial charge on any atom is 0.278 e. The van der Waals surface area contributed by atoms with Gasteiger partial charge in [0.1, 0.15) is 11.2 Å². The van der Waals surface area contributed by atoms with E-state index in [0.717, 1.165) is 22.3 Å². The number of hydrogen-bond acceptors (Lipinski definition) is 3. The summed E-state index contributed by atoms with van der Waals surface area (Å²) in [5.41, 5.74) is 4.63. The standard InChI is InChI=1S/C21H17N3O/c1-15-8-5-6-12-19(15)24-20-17(11-7-13-22-20)23-18(21(24)25)14-16-9-3-2-4-10-16/h2-13H,14H2,1H3. The number of aryl methyl sites for hydroxylation is 1. The minimum absolute atomic E-state index is 0.121. The topological polar surface area (TPSA) is 47.8 Å². The Labute approximate surface area is 145 Å². The third-order valence-corrected chi connectivity index (χ3v) is 4.25. The molecule has 0 fully saturated rings. The van der Waals surface area contributed by atoms with Crippen LogP contribution < -0.4 is 5.56 Å². The summed E-state index contributed by atoms with van der Waals surface area (Å²) in [6.45, 7) is 1.99. The zero-order chi connectivity index (χ0) is 17.2. The fraction of sp³-hybridized carbons (Fsp3) is 0.0952. The molecule has 122 valence electrons. The molecule has 4 nitrogen and oxygen atoms in total. The molecule has 4 aromatic rings. The molecule has 0 aliphatic carbocycles. The van der Waals surface area contributed by atoms with Crippen molar-refractivity contribution in [1.82, 2.24) is 14.5 Å². The van der Waals surface area contributed by atoms with E-state index in [1.54, 1.807) is 10.8 Å². The molecular formula is C21H17N3O. The summed E-state index contributed by atoms with van der Waals surface area (Å²) in [5, 5.41) is 0. The second kappa shape index (κ2) is 6.32. The number of fused-ring (bicyclic) bond motifs is 1. The highest BCUT2D eigenvalue weighted by Crippen LogP contribution is 2.17. The molecular weight excluding hydrogens is 310 g/mol. The van der Waals surface area contributed by atoms with E-state index in [1.807, 2.05) is 73.7 Å². The number of rotatable bonds is 3. The Morgan fingerprint density at radius 2 is 1.68 bits per heavy atom. The molecule has 0 radical (unpaired) electrons. The predicted octanol–water partition coefficient (Wildman–Crippen LogP) is 3.68. The van der Waals surface area contributed by atoms with Crippen LogP contribution in [0.4, 0.5) is 0 Å². The van der Waals surface area contributed by atoms with Gasteiger partial charge in [-0.2, -0.15) is 0 Å². The minimum atomic E-state index is -0.121. The monoisotopic (exact) mass is 327 g/mol. The molecule has 0 aliphatic rings. The maximum atomic E-state index is 13.2. The molecule has 25 heavy (non-hydrogen) atoms. The lowest BCUT2D eigenvalue weighted by molar-refractivity contribution is 0.921. The summed E-state index contributed by atoms with van der Waals surface area (Å²) >= 11 is 0. The van der Waals surface area contributed by atoms with Crippen LogP contribution in [0, 0.1) is 6.92 Å². The van der Waals surface area contributed by atoms with Gasteiger partial charge in [-0.1, -0.05) is 48.5 Å². The van der Waals surface area contributed by atoms with Crippen molar-refractivity contribution in [1.29, 1.82) is 0 Å². The van der Waals surface area contributed by atoms with Crippen LogP contribution in [0.1, 0.15) is 16.8 Å². The fourth-order valence-electron chi connectivity index (χ4n) is 3.01. The van der Waals surface area contributed by atoms with Crippen molar-refractivity contribution in [2.75, 3.05) is 0 Å². The van der Waals surface area contributed by atoms with Crippen molar-refractivity contribution in [2.24, 2.45) is 0 Å². The third kappa shape index (κ3) is 2.83. The summed E-state index contributed by atoms with van der Waals surface area (Å²) < 4.78 is 1.68. The second-order valence-corrected chi connectivity index (χ2v) is 5.99. The Morgan fingerprint density at radius 3 is 2.48 bits per heavy atom. The molecule has 0 saturated carbocycles. The molecule has 0 saturated heterocycles. The zero-order valence-electron chi connectivity index (χ0n) is 13.9. The molecule has 0 amide bonds. The molecule has 2 aromatic carbocycles. The Hall–Kier alpha value is -3.27. The molecule has 2 aromatic heterocycles. The van der Waals surface area contributed by atoms with Crippen LogP contribution in [0.3, 0.4) is 0 Å². The first-order chi connectivity index (χ1) is 12.2. The normalized spacial score (nSPS) is 10.9. The molecule has 4 rings (SSSR count). The predicted molar refractivity (Wildman–Crippen MR) is 99.1 cm³/mol. The average molecular weight is 327 g/mol. The molecule has 2 heterocycles. The summed E-state index contributed by atoms with van der Waals surface area (Å²) in [6.07, 6.45) is 2.19. The largest absolute Gasteiger partial charge is 0.278 e. The van der Waals surface area contributed by atoms with E-state index in [1.165, 1.54) is 0 Å². The van der Waals surface area contributed by atoms with Gasteiger partial charge in [-0.25, -0.2) is 9.97 Å². The summed E-state index contributed by atoms with van der Waals surface area (Å²) in [7, 11) is 0. The van der Waals surface area contributed by atoms with Crippen LogP contribution in [0.2, 0.25) is 0 Å². The van der Waals surface area contributed by atoms with Crippen LogP contribution in [-0.2, 0) is 6.42 Å². The first kappa shape index (κ1) is 15.3. The van der Waals surface area contributed by atoms with E-state index in [9.17, 15) is 4.79 Å². The van der Waals surface area contributed by atoms with E-state index < -0.39 is 0 Å². The van der Waals surface area contributed by atoms with Crippen LogP contribution in [0.5, 0.6) is 0 Å². The molecule has 0 spiro atoms. The maximum absolute atomic E-state index is 13.2. The highest BCUT2D eigenvalue weighted by molar-refractivity contribution is 5.72. The second-order valence-electron chi connectivity index (χ2n) is 5.99. The van der Waals surface area contributed by atoms with Crippen LogP contribution in [0.15, 0.2) is 77.7 Å². The van der Waals surface area contributed by atoms with Crippen molar-refractivity contribution in [2.45, 2.75) is 13.3 Å². The summed E-state index contributed by atoms with van der Waals surface area (Å²) in [5.74, 6) is 0. The lowest BCUT2D eigenvalue weighted by Crippen LogP contribution is -2.26. The molecule has 0 N–H and O–H groups in total. The van der Waals surface area contributed by atoms with Gasteiger partial charge in [0.25, 0.3) is 5.56 Å². The Bertz CT molecular complexity index is 1100. The van der Waals surface area contributed by atoms with E-state index in [-0.39, 0.29) is 5.56 Å². The Morgan fingerprint density at radius 1 is 0.920 bits per heavy atom. The quantitative estimate of drug-likeness (QED) is 0.577. The van der Waals surface area contributed by atoms with Gasteiger partial charge in [-0.3, -0.25) is 9.36 Å².